The molecule has 0 aliphatic rings. The fourth-order valence-corrected chi connectivity index (χ4v) is 2.46. The summed E-state index contributed by atoms with van der Waals surface area (Å²) in [5.41, 5.74) is 1.93. The highest BCUT2D eigenvalue weighted by atomic mass is 32.1. The minimum Gasteiger partial charge on any atom is -0.370 e. The fourth-order valence-electron chi connectivity index (χ4n) is 1.87. The maximum Gasteiger partial charge on any atom is 0.304 e. The van der Waals surface area contributed by atoms with Crippen LogP contribution in [0.4, 0.5) is 11.6 Å². The lowest BCUT2D eigenvalue weighted by atomic mass is 10.2. The maximum absolute atomic E-state index is 11.1. The van der Waals surface area contributed by atoms with Crippen molar-refractivity contribution in [3.63, 3.8) is 0 Å². The third-order valence-corrected chi connectivity index (χ3v) is 3.58. The molecule has 0 saturated heterocycles. The van der Waals surface area contributed by atoms with Gasteiger partial charge in [-0.25, -0.2) is 9.97 Å². The molecule has 2 aromatic heterocycles. The van der Waals surface area contributed by atoms with E-state index >= 15 is 0 Å². The van der Waals surface area contributed by atoms with Gasteiger partial charge in [-0.3, -0.25) is 4.79 Å². The van der Waals surface area contributed by atoms with Gasteiger partial charge in [0, 0.05) is 23.2 Å². The molecule has 6 nitrogen and oxygen atoms in total. The van der Waals surface area contributed by atoms with Gasteiger partial charge in [-0.05, 0) is 12.8 Å². The zero-order valence-electron chi connectivity index (χ0n) is 11.7. The smallest absolute Gasteiger partial charge is 0.304 e. The second kappa shape index (κ2) is 7.04. The molecule has 0 saturated carbocycles. The summed E-state index contributed by atoms with van der Waals surface area (Å²) in [5.74, 6) is 1.69. The molecule has 0 aliphatic heterocycles. The molecular formula is C13H19N5OS. The third kappa shape index (κ3) is 3.57. The van der Waals surface area contributed by atoms with Gasteiger partial charge in [0.05, 0.1) is 6.54 Å². The monoisotopic (exact) mass is 293 g/mol. The van der Waals surface area contributed by atoms with Gasteiger partial charge in [0.2, 0.25) is 0 Å². The number of anilines is 2. The Hall–Kier alpha value is -1.89. The summed E-state index contributed by atoms with van der Waals surface area (Å²) < 4.78 is 0. The lowest BCUT2D eigenvalue weighted by Gasteiger charge is -2.13. The molecule has 2 aromatic rings. The highest BCUT2D eigenvalue weighted by Gasteiger charge is 2.09. The second-order valence-electron chi connectivity index (χ2n) is 4.36. The number of hydrogen-bond acceptors (Lipinski definition) is 6. The molecule has 7 heteroatoms. The largest absolute Gasteiger partial charge is 0.370 e. The number of hydrogen-bond donors (Lipinski definition) is 3. The van der Waals surface area contributed by atoms with Gasteiger partial charge < -0.3 is 15.6 Å². The van der Waals surface area contributed by atoms with Crippen molar-refractivity contribution in [1.29, 1.82) is 0 Å². The van der Waals surface area contributed by atoms with Crippen LogP contribution in [0.1, 0.15) is 31.5 Å². The minimum absolute atomic E-state index is 0.0366. The van der Waals surface area contributed by atoms with E-state index in [0.717, 1.165) is 42.3 Å². The quantitative estimate of drug-likeness (QED) is 0.729. The van der Waals surface area contributed by atoms with Crippen molar-refractivity contribution in [1.82, 2.24) is 15.0 Å². The number of thiazole rings is 1. The number of aromatic amines is 1. The molecule has 0 fully saturated rings. The van der Waals surface area contributed by atoms with Crippen LogP contribution in [0.25, 0.3) is 0 Å². The number of nitrogens with one attached hydrogen (secondary N) is 3. The van der Waals surface area contributed by atoms with Crippen LogP contribution in [-0.4, -0.2) is 21.5 Å². The van der Waals surface area contributed by atoms with E-state index in [2.05, 4.69) is 39.4 Å². The maximum atomic E-state index is 11.1. The van der Waals surface area contributed by atoms with Gasteiger partial charge in [0.15, 0.2) is 0 Å². The SMILES string of the molecule is CCCNc1ncnc(NCc2csc(=O)[nH]2)c1CC. The Bertz CT molecular complexity index is 607. The average Bonchev–Trinajstić information content (AvgIpc) is 2.88. The van der Waals surface area contributed by atoms with Crippen LogP contribution in [0.5, 0.6) is 0 Å². The van der Waals surface area contributed by atoms with E-state index in [4.69, 9.17) is 0 Å². The number of rotatable bonds is 7. The van der Waals surface area contributed by atoms with Crippen molar-refractivity contribution in [2.75, 3.05) is 17.2 Å². The van der Waals surface area contributed by atoms with Crippen LogP contribution in [0, 0.1) is 0 Å². The molecule has 0 atom stereocenters. The van der Waals surface area contributed by atoms with Gasteiger partial charge in [0.25, 0.3) is 0 Å². The van der Waals surface area contributed by atoms with Crippen molar-refractivity contribution < 1.29 is 0 Å². The zero-order valence-corrected chi connectivity index (χ0v) is 12.5. The van der Waals surface area contributed by atoms with E-state index in [1.165, 1.54) is 11.3 Å². The Kier molecular flexibility index (Phi) is 5.11. The van der Waals surface area contributed by atoms with Crippen molar-refractivity contribution in [2.24, 2.45) is 0 Å². The highest BCUT2D eigenvalue weighted by molar-refractivity contribution is 7.07. The molecule has 0 aliphatic carbocycles. The molecule has 2 heterocycles. The van der Waals surface area contributed by atoms with Crippen LogP contribution in [-0.2, 0) is 13.0 Å². The topological polar surface area (TPSA) is 82.7 Å². The van der Waals surface area contributed by atoms with Crippen LogP contribution >= 0.6 is 11.3 Å². The first-order valence-corrected chi connectivity index (χ1v) is 7.60. The summed E-state index contributed by atoms with van der Waals surface area (Å²) in [4.78, 5) is 22.4. The highest BCUT2D eigenvalue weighted by Crippen LogP contribution is 2.20. The van der Waals surface area contributed by atoms with Gasteiger partial charge >= 0.3 is 4.87 Å². The molecule has 0 amide bonds. The summed E-state index contributed by atoms with van der Waals surface area (Å²) >= 11 is 1.17. The first-order chi connectivity index (χ1) is 9.74. The number of H-pyrrole nitrogens is 1. The zero-order chi connectivity index (χ0) is 14.4. The molecular weight excluding hydrogens is 274 g/mol. The Labute approximate surface area is 121 Å². The molecule has 0 aromatic carbocycles. The van der Waals surface area contributed by atoms with E-state index in [1.54, 1.807) is 6.33 Å². The normalized spacial score (nSPS) is 10.5. The van der Waals surface area contributed by atoms with Crippen LogP contribution in [0.3, 0.4) is 0 Å². The Morgan fingerprint density at radius 3 is 2.60 bits per heavy atom. The van der Waals surface area contributed by atoms with E-state index in [0.29, 0.717) is 6.54 Å². The molecule has 2 rings (SSSR count). The molecule has 20 heavy (non-hydrogen) atoms. The molecule has 3 N–H and O–H groups in total. The van der Waals surface area contributed by atoms with E-state index in [-0.39, 0.29) is 4.87 Å². The molecule has 0 spiro atoms. The second-order valence-corrected chi connectivity index (χ2v) is 5.20. The predicted molar refractivity (Wildman–Crippen MR) is 82.5 cm³/mol. The van der Waals surface area contributed by atoms with Gasteiger partial charge in [-0.15, -0.1) is 0 Å². The lowest BCUT2D eigenvalue weighted by molar-refractivity contribution is 0.941. The summed E-state index contributed by atoms with van der Waals surface area (Å²) in [6.45, 7) is 5.64. The molecule has 0 bridgehead atoms. The van der Waals surface area contributed by atoms with Gasteiger partial charge in [-0.1, -0.05) is 25.2 Å². The fraction of sp³-hybridized carbons (Fsp3) is 0.462. The first kappa shape index (κ1) is 14.5. The average molecular weight is 293 g/mol. The van der Waals surface area contributed by atoms with Crippen LogP contribution in [0.15, 0.2) is 16.5 Å². The van der Waals surface area contributed by atoms with Crippen LogP contribution in [0.2, 0.25) is 0 Å². The Morgan fingerprint density at radius 1 is 1.25 bits per heavy atom. The number of nitrogens with zero attached hydrogens (tertiary/aromatic N) is 2. The lowest BCUT2D eigenvalue weighted by Crippen LogP contribution is -2.11. The summed E-state index contributed by atoms with van der Waals surface area (Å²) in [6.07, 6.45) is 3.44. The van der Waals surface area contributed by atoms with Crippen molar-refractivity contribution in [2.45, 2.75) is 33.2 Å². The Balaban J connectivity index is 2.11. The third-order valence-electron chi connectivity index (χ3n) is 2.86. The van der Waals surface area contributed by atoms with E-state index in [1.807, 2.05) is 5.38 Å². The molecule has 0 radical (unpaired) electrons. The van der Waals surface area contributed by atoms with Gasteiger partial charge in [0.1, 0.15) is 18.0 Å². The van der Waals surface area contributed by atoms with Crippen molar-refractivity contribution >= 4 is 23.0 Å². The number of aromatic nitrogens is 3. The summed E-state index contributed by atoms with van der Waals surface area (Å²) in [6, 6.07) is 0. The van der Waals surface area contributed by atoms with E-state index in [9.17, 15) is 4.79 Å². The summed E-state index contributed by atoms with van der Waals surface area (Å²) in [5, 5.41) is 8.38. The van der Waals surface area contributed by atoms with Gasteiger partial charge in [-0.2, -0.15) is 0 Å². The molecule has 108 valence electrons. The van der Waals surface area contributed by atoms with Crippen molar-refractivity contribution in [3.05, 3.63) is 32.6 Å². The minimum atomic E-state index is -0.0366. The standard InChI is InChI=1S/C13H19N5OS/c1-3-5-14-11-10(4-2)12(17-8-16-11)15-6-9-7-20-13(19)18-9/h7-8H,3-6H2,1-2H3,(H,18,19)(H2,14,15,16,17). The van der Waals surface area contributed by atoms with E-state index < -0.39 is 0 Å². The van der Waals surface area contributed by atoms with Crippen molar-refractivity contribution in [3.8, 4) is 0 Å². The molecule has 0 unspecified atom stereocenters. The predicted octanol–water partition coefficient (Wildman–Crippen LogP) is 2.22. The Morgan fingerprint density at radius 2 is 2.00 bits per heavy atom. The van der Waals surface area contributed by atoms with Crippen LogP contribution < -0.4 is 15.5 Å². The first-order valence-electron chi connectivity index (χ1n) is 6.72. The summed E-state index contributed by atoms with van der Waals surface area (Å²) in [7, 11) is 0.